The summed E-state index contributed by atoms with van der Waals surface area (Å²) in [4.78, 5) is 2.36. The van der Waals surface area contributed by atoms with Crippen molar-refractivity contribution in [2.75, 3.05) is 55.7 Å². The molecule has 0 atom stereocenters. The summed E-state index contributed by atoms with van der Waals surface area (Å²) >= 11 is 5.92. The molecule has 2 saturated heterocycles. The number of sulfone groups is 1. The van der Waals surface area contributed by atoms with Crippen molar-refractivity contribution in [3.63, 3.8) is 0 Å². The smallest absolute Gasteiger partial charge is 0.161 e. The molecule has 0 unspecified atom stereocenters. The predicted octanol–water partition coefficient (Wildman–Crippen LogP) is 1.41. The van der Waals surface area contributed by atoms with Crippen LogP contribution < -0.4 is 4.90 Å². The lowest BCUT2D eigenvalue weighted by Crippen LogP contribution is -2.64. The Balaban J connectivity index is 1.64. The van der Waals surface area contributed by atoms with Gasteiger partial charge in [-0.2, -0.15) is 0 Å². The van der Waals surface area contributed by atoms with Crippen LogP contribution in [-0.2, 0) is 9.84 Å². The third-order valence-corrected chi connectivity index (χ3v) is 6.49. The van der Waals surface area contributed by atoms with E-state index in [0.717, 1.165) is 48.8 Å². The lowest BCUT2D eigenvalue weighted by atomic mass is 10.2. The molecule has 0 radical (unpaired) electrons. The molecule has 2 aliphatic rings. The molecule has 0 bridgehead atoms. The van der Waals surface area contributed by atoms with E-state index in [4.69, 9.17) is 11.6 Å². The summed E-state index contributed by atoms with van der Waals surface area (Å²) in [5.74, 6) is 0.710. The van der Waals surface area contributed by atoms with Gasteiger partial charge in [-0.05, 0) is 24.3 Å². The Hall–Kier alpha value is -0.780. The van der Waals surface area contributed by atoms with Crippen LogP contribution in [0, 0.1) is 0 Å². The van der Waals surface area contributed by atoms with Crippen molar-refractivity contribution in [2.45, 2.75) is 0 Å². The average Bonchev–Trinajstić information content (AvgIpc) is 2.45. The Kier molecular flexibility index (Phi) is 3.69. The topological polar surface area (TPSA) is 37.4 Å². The fourth-order valence-corrected chi connectivity index (χ4v) is 4.79. The van der Waals surface area contributed by atoms with E-state index in [9.17, 15) is 8.42 Å². The fourth-order valence-electron chi connectivity index (χ4n) is 3.13. The van der Waals surface area contributed by atoms with Crippen LogP contribution in [0.1, 0.15) is 0 Å². The molecule has 0 amide bonds. The molecule has 3 rings (SSSR count). The number of hydrogen-bond donors (Lipinski definition) is 0. The van der Waals surface area contributed by atoms with Gasteiger partial charge in [-0.1, -0.05) is 11.6 Å². The minimum Gasteiger partial charge on any atom is -0.360 e. The second-order valence-corrected chi connectivity index (χ2v) is 8.59. The van der Waals surface area contributed by atoms with Gasteiger partial charge in [0.25, 0.3) is 0 Å². The second kappa shape index (κ2) is 5.20. The van der Waals surface area contributed by atoms with E-state index < -0.39 is 9.84 Å². The summed E-state index contributed by atoms with van der Waals surface area (Å²) in [6.45, 7) is 5.63. The zero-order valence-corrected chi connectivity index (χ0v) is 13.0. The first-order chi connectivity index (χ1) is 9.48. The van der Waals surface area contributed by atoms with Crippen molar-refractivity contribution in [3.05, 3.63) is 29.3 Å². The molecule has 110 valence electrons. The van der Waals surface area contributed by atoms with E-state index in [1.165, 1.54) is 5.69 Å². The first kappa shape index (κ1) is 14.2. The standard InChI is InChI=1S/C14H20ClN2O2S/c15-13-1-3-14(4-2-13)16-5-7-17(8-6-16)9-11-20(18,19)12-10-17/h1-4H,5-12H2/q+1. The zero-order chi connectivity index (χ0) is 14.2. The molecule has 0 N–H and O–H groups in total. The second-order valence-electron chi connectivity index (χ2n) is 5.85. The number of benzene rings is 1. The van der Waals surface area contributed by atoms with Gasteiger partial charge in [0.05, 0.1) is 50.8 Å². The largest absolute Gasteiger partial charge is 0.360 e. The van der Waals surface area contributed by atoms with Crippen LogP contribution in [0.5, 0.6) is 0 Å². The Labute approximate surface area is 125 Å². The number of halogens is 1. The average molecular weight is 316 g/mol. The van der Waals surface area contributed by atoms with Gasteiger partial charge in [0, 0.05) is 10.7 Å². The van der Waals surface area contributed by atoms with Crippen molar-refractivity contribution in [3.8, 4) is 0 Å². The Morgan fingerprint density at radius 2 is 1.50 bits per heavy atom. The molecule has 0 aromatic heterocycles. The van der Waals surface area contributed by atoms with E-state index >= 15 is 0 Å². The lowest BCUT2D eigenvalue weighted by molar-refractivity contribution is -0.925. The van der Waals surface area contributed by atoms with Gasteiger partial charge in [-0.3, -0.25) is 0 Å². The molecule has 6 heteroatoms. The molecule has 2 aliphatic heterocycles. The Morgan fingerprint density at radius 3 is 2.05 bits per heavy atom. The first-order valence-corrected chi connectivity index (χ1v) is 9.24. The highest BCUT2D eigenvalue weighted by Gasteiger charge is 2.38. The number of quaternary nitrogens is 1. The summed E-state index contributed by atoms with van der Waals surface area (Å²) in [7, 11) is -2.77. The van der Waals surface area contributed by atoms with Gasteiger partial charge in [0.1, 0.15) is 0 Å². The number of anilines is 1. The highest BCUT2D eigenvalue weighted by molar-refractivity contribution is 7.91. The Morgan fingerprint density at radius 1 is 0.950 bits per heavy atom. The van der Waals surface area contributed by atoms with Gasteiger partial charge < -0.3 is 9.38 Å². The van der Waals surface area contributed by atoms with Crippen LogP contribution in [0.25, 0.3) is 0 Å². The maximum Gasteiger partial charge on any atom is 0.161 e. The van der Waals surface area contributed by atoms with Crippen molar-refractivity contribution >= 4 is 27.1 Å². The van der Waals surface area contributed by atoms with Gasteiger partial charge in [0.15, 0.2) is 9.84 Å². The van der Waals surface area contributed by atoms with E-state index in [1.54, 1.807) is 0 Å². The molecule has 20 heavy (non-hydrogen) atoms. The monoisotopic (exact) mass is 315 g/mol. The molecule has 1 spiro atoms. The van der Waals surface area contributed by atoms with Gasteiger partial charge >= 0.3 is 0 Å². The third kappa shape index (κ3) is 2.95. The van der Waals surface area contributed by atoms with Crippen LogP contribution in [0.3, 0.4) is 0 Å². The molecule has 0 saturated carbocycles. The number of hydrogen-bond acceptors (Lipinski definition) is 3. The van der Waals surface area contributed by atoms with Crippen molar-refractivity contribution in [1.29, 1.82) is 0 Å². The van der Waals surface area contributed by atoms with E-state index in [1.807, 2.05) is 12.1 Å². The maximum absolute atomic E-state index is 11.6. The first-order valence-electron chi connectivity index (χ1n) is 7.04. The van der Waals surface area contributed by atoms with Crippen LogP contribution in [-0.4, -0.2) is 63.7 Å². The SMILES string of the molecule is O=S1(=O)CC[N+]2(CCN(c3ccc(Cl)cc3)CC2)CC1. The summed E-state index contributed by atoms with van der Waals surface area (Å²) in [6.07, 6.45) is 0. The van der Waals surface area contributed by atoms with Crippen molar-refractivity contribution in [2.24, 2.45) is 0 Å². The minimum atomic E-state index is -2.77. The molecule has 1 aromatic carbocycles. The molecule has 0 aliphatic carbocycles. The van der Waals surface area contributed by atoms with Crippen LogP contribution in [0.15, 0.2) is 24.3 Å². The summed E-state index contributed by atoms with van der Waals surface area (Å²) in [5, 5.41) is 0.760. The van der Waals surface area contributed by atoms with Crippen LogP contribution in [0.2, 0.25) is 5.02 Å². The van der Waals surface area contributed by atoms with E-state index in [2.05, 4.69) is 17.0 Å². The summed E-state index contributed by atoms with van der Waals surface area (Å²) in [5.41, 5.74) is 1.21. The number of nitrogens with zero attached hydrogens (tertiary/aromatic N) is 2. The highest BCUT2D eigenvalue weighted by atomic mass is 35.5. The van der Waals surface area contributed by atoms with Crippen molar-refractivity contribution in [1.82, 2.24) is 0 Å². The number of rotatable bonds is 1. The van der Waals surface area contributed by atoms with Gasteiger partial charge in [0.2, 0.25) is 0 Å². The quantitative estimate of drug-likeness (QED) is 0.735. The zero-order valence-electron chi connectivity index (χ0n) is 11.5. The molecule has 2 heterocycles. The number of piperazine rings is 1. The molecule has 2 fully saturated rings. The van der Waals surface area contributed by atoms with Gasteiger partial charge in [-0.15, -0.1) is 0 Å². The molecule has 4 nitrogen and oxygen atoms in total. The highest BCUT2D eigenvalue weighted by Crippen LogP contribution is 2.23. The van der Waals surface area contributed by atoms with Crippen LogP contribution in [0.4, 0.5) is 5.69 Å². The maximum atomic E-state index is 11.6. The predicted molar refractivity (Wildman–Crippen MR) is 82.0 cm³/mol. The van der Waals surface area contributed by atoms with Crippen molar-refractivity contribution < 1.29 is 12.9 Å². The third-order valence-electron chi connectivity index (χ3n) is 4.63. The molecular weight excluding hydrogens is 296 g/mol. The molecule has 1 aromatic rings. The lowest BCUT2D eigenvalue weighted by Gasteiger charge is -2.47. The molecular formula is C14H20ClN2O2S+. The Bertz CT molecular complexity index is 562. The van der Waals surface area contributed by atoms with E-state index in [0.29, 0.717) is 11.5 Å². The fraction of sp³-hybridized carbons (Fsp3) is 0.571. The summed E-state index contributed by atoms with van der Waals surface area (Å²) in [6, 6.07) is 7.95. The van der Waals surface area contributed by atoms with E-state index in [-0.39, 0.29) is 0 Å². The summed E-state index contributed by atoms with van der Waals surface area (Å²) < 4.78 is 24.1. The minimum absolute atomic E-state index is 0.355. The van der Waals surface area contributed by atoms with Crippen LogP contribution >= 0.6 is 11.6 Å². The van der Waals surface area contributed by atoms with Gasteiger partial charge in [-0.25, -0.2) is 8.42 Å². The normalized spacial score (nSPS) is 24.8.